The molecule has 1 aromatic heterocycles. The van der Waals surface area contributed by atoms with Crippen molar-refractivity contribution in [2.75, 3.05) is 14.2 Å². The van der Waals surface area contributed by atoms with Gasteiger partial charge in [0.2, 0.25) is 0 Å². The summed E-state index contributed by atoms with van der Waals surface area (Å²) < 4.78 is 9.42. The van der Waals surface area contributed by atoms with E-state index in [-0.39, 0.29) is 24.8 Å². The first-order valence-corrected chi connectivity index (χ1v) is 6.49. The molecule has 0 aliphatic rings. The lowest BCUT2D eigenvalue weighted by Crippen LogP contribution is -2.10. The molecule has 2 rings (SSSR count). The Balaban J connectivity index is 2.58. The zero-order chi connectivity index (χ0) is 15.4. The quantitative estimate of drug-likeness (QED) is 0.856. The summed E-state index contributed by atoms with van der Waals surface area (Å²) in [6.45, 7) is 3.77. The average molecular weight is 287 g/mol. The van der Waals surface area contributed by atoms with Crippen LogP contribution in [0.4, 0.5) is 0 Å². The number of nitrogens with one attached hydrogen (secondary N) is 1. The highest BCUT2D eigenvalue weighted by Crippen LogP contribution is 2.27. The Morgan fingerprint density at radius 2 is 1.86 bits per heavy atom. The molecule has 0 saturated heterocycles. The molecule has 5 heteroatoms. The van der Waals surface area contributed by atoms with Crippen LogP contribution in [0.15, 0.2) is 24.8 Å². The summed E-state index contributed by atoms with van der Waals surface area (Å²) in [5.41, 5.74) is 3.18. The van der Waals surface area contributed by atoms with Gasteiger partial charge in [-0.2, -0.15) is 0 Å². The van der Waals surface area contributed by atoms with Gasteiger partial charge in [0.25, 0.3) is 0 Å². The number of para-hydroxylation sites is 1. The van der Waals surface area contributed by atoms with Crippen LogP contribution in [-0.4, -0.2) is 31.1 Å². The van der Waals surface area contributed by atoms with E-state index < -0.39 is 0 Å². The van der Waals surface area contributed by atoms with Crippen LogP contribution >= 0.6 is 0 Å². The molecule has 21 heavy (non-hydrogen) atoms. The number of carbonyl (C=O) groups excluding carboxylic acids is 2. The largest absolute Gasteiger partial charge is 0.469 e. The van der Waals surface area contributed by atoms with Gasteiger partial charge in [-0.15, -0.1) is 0 Å². The summed E-state index contributed by atoms with van der Waals surface area (Å²) in [4.78, 5) is 26.4. The van der Waals surface area contributed by atoms with Gasteiger partial charge in [0.1, 0.15) is 0 Å². The third-order valence-corrected chi connectivity index (χ3v) is 3.38. The van der Waals surface area contributed by atoms with Gasteiger partial charge in [0.05, 0.1) is 32.6 Å². The Bertz CT molecular complexity index is 700. The maximum absolute atomic E-state index is 11.6. The lowest BCUT2D eigenvalue weighted by Gasteiger charge is -2.03. The number of hydrogen-bond donors (Lipinski definition) is 1. The van der Waals surface area contributed by atoms with Crippen molar-refractivity contribution in [3.8, 4) is 0 Å². The number of methoxy groups -OCH3 is 2. The number of ether oxygens (including phenoxy) is 2. The van der Waals surface area contributed by atoms with Gasteiger partial charge in [0, 0.05) is 11.1 Å². The summed E-state index contributed by atoms with van der Waals surface area (Å²) in [6.07, 6.45) is 1.90. The summed E-state index contributed by atoms with van der Waals surface area (Å²) in [7, 11) is 2.67. The van der Waals surface area contributed by atoms with Gasteiger partial charge < -0.3 is 14.5 Å². The molecule has 0 saturated carbocycles. The van der Waals surface area contributed by atoms with E-state index in [4.69, 9.17) is 9.47 Å². The standard InChI is InChI=1S/C16H17NO4/c1-4-10-6-5-7-11-12(8-14(18)20-2)13(17-16(10)11)9-15(19)21-3/h4-7,17H,1,8-9H2,2-3H3. The lowest BCUT2D eigenvalue weighted by molar-refractivity contribution is -0.141. The maximum atomic E-state index is 11.6. The average Bonchev–Trinajstić information content (AvgIpc) is 2.84. The monoisotopic (exact) mass is 287 g/mol. The Hall–Kier alpha value is -2.56. The van der Waals surface area contributed by atoms with Crippen LogP contribution in [0.2, 0.25) is 0 Å². The van der Waals surface area contributed by atoms with E-state index in [0.717, 1.165) is 22.0 Å². The zero-order valence-electron chi connectivity index (χ0n) is 12.1. The molecule has 1 N–H and O–H groups in total. The number of fused-ring (bicyclic) bond motifs is 1. The normalized spacial score (nSPS) is 10.4. The highest BCUT2D eigenvalue weighted by Gasteiger charge is 2.18. The summed E-state index contributed by atoms with van der Waals surface area (Å²) in [5, 5.41) is 0.886. The van der Waals surface area contributed by atoms with Crippen LogP contribution in [0.5, 0.6) is 0 Å². The fraction of sp³-hybridized carbons (Fsp3) is 0.250. The van der Waals surface area contributed by atoms with E-state index in [1.54, 1.807) is 6.08 Å². The van der Waals surface area contributed by atoms with Crippen molar-refractivity contribution in [1.29, 1.82) is 0 Å². The van der Waals surface area contributed by atoms with Gasteiger partial charge in [-0.1, -0.05) is 30.9 Å². The van der Waals surface area contributed by atoms with Gasteiger partial charge in [-0.05, 0) is 11.1 Å². The van der Waals surface area contributed by atoms with Gasteiger partial charge >= 0.3 is 11.9 Å². The second-order valence-electron chi connectivity index (χ2n) is 4.56. The Kier molecular flexibility index (Phi) is 4.42. The Labute approximate surface area is 122 Å². The second kappa shape index (κ2) is 6.26. The predicted octanol–water partition coefficient (Wildman–Crippen LogP) is 2.24. The van der Waals surface area contributed by atoms with Crippen molar-refractivity contribution in [3.63, 3.8) is 0 Å². The highest BCUT2D eigenvalue weighted by molar-refractivity contribution is 5.94. The Morgan fingerprint density at radius 1 is 1.19 bits per heavy atom. The van der Waals surface area contributed by atoms with Crippen molar-refractivity contribution in [3.05, 3.63) is 41.6 Å². The van der Waals surface area contributed by atoms with Crippen molar-refractivity contribution < 1.29 is 19.1 Å². The number of hydrogen-bond acceptors (Lipinski definition) is 4. The minimum absolute atomic E-state index is 0.0775. The van der Waals surface area contributed by atoms with Crippen molar-refractivity contribution in [2.45, 2.75) is 12.8 Å². The third kappa shape index (κ3) is 2.97. The van der Waals surface area contributed by atoms with E-state index >= 15 is 0 Å². The van der Waals surface area contributed by atoms with Gasteiger partial charge in [-0.3, -0.25) is 9.59 Å². The first-order valence-electron chi connectivity index (χ1n) is 6.49. The summed E-state index contributed by atoms with van der Waals surface area (Å²) in [6, 6.07) is 5.70. The van der Waals surface area contributed by atoms with Crippen molar-refractivity contribution >= 4 is 28.9 Å². The molecule has 1 aromatic carbocycles. The van der Waals surface area contributed by atoms with Crippen LogP contribution in [0.25, 0.3) is 17.0 Å². The maximum Gasteiger partial charge on any atom is 0.311 e. The van der Waals surface area contributed by atoms with Gasteiger partial charge in [-0.25, -0.2) is 0 Å². The van der Waals surface area contributed by atoms with Crippen LogP contribution in [0, 0.1) is 0 Å². The van der Waals surface area contributed by atoms with Crippen molar-refractivity contribution in [1.82, 2.24) is 4.98 Å². The molecular weight excluding hydrogens is 270 g/mol. The van der Waals surface area contributed by atoms with Crippen LogP contribution < -0.4 is 0 Å². The number of rotatable bonds is 5. The number of aromatic amines is 1. The first kappa shape index (κ1) is 14.8. The first-order chi connectivity index (χ1) is 10.1. The zero-order valence-corrected chi connectivity index (χ0v) is 12.1. The van der Waals surface area contributed by atoms with E-state index in [1.807, 2.05) is 18.2 Å². The predicted molar refractivity (Wildman–Crippen MR) is 79.8 cm³/mol. The van der Waals surface area contributed by atoms with E-state index in [0.29, 0.717) is 5.69 Å². The highest BCUT2D eigenvalue weighted by atomic mass is 16.5. The molecule has 0 atom stereocenters. The minimum Gasteiger partial charge on any atom is -0.469 e. The number of esters is 2. The molecule has 0 aliphatic heterocycles. The minimum atomic E-state index is -0.368. The number of aromatic nitrogens is 1. The fourth-order valence-corrected chi connectivity index (χ4v) is 2.31. The molecule has 5 nitrogen and oxygen atoms in total. The molecule has 0 aliphatic carbocycles. The molecular formula is C16H17NO4. The molecule has 2 aromatic rings. The number of H-pyrrole nitrogens is 1. The molecule has 0 unspecified atom stereocenters. The topological polar surface area (TPSA) is 68.4 Å². The molecule has 110 valence electrons. The smallest absolute Gasteiger partial charge is 0.311 e. The third-order valence-electron chi connectivity index (χ3n) is 3.38. The summed E-state index contributed by atoms with van der Waals surface area (Å²) in [5.74, 6) is -0.723. The molecule has 0 radical (unpaired) electrons. The van der Waals surface area contributed by atoms with Crippen LogP contribution in [0.1, 0.15) is 16.8 Å². The van der Waals surface area contributed by atoms with Crippen LogP contribution in [-0.2, 0) is 31.9 Å². The van der Waals surface area contributed by atoms with Gasteiger partial charge in [0.15, 0.2) is 0 Å². The Morgan fingerprint density at radius 3 is 2.48 bits per heavy atom. The van der Waals surface area contributed by atoms with E-state index in [9.17, 15) is 9.59 Å². The molecule has 1 heterocycles. The second-order valence-corrected chi connectivity index (χ2v) is 4.56. The molecule has 0 fully saturated rings. The van der Waals surface area contributed by atoms with E-state index in [2.05, 4.69) is 11.6 Å². The molecule has 0 spiro atoms. The molecule has 0 amide bonds. The number of benzene rings is 1. The summed E-state index contributed by atoms with van der Waals surface area (Å²) >= 11 is 0. The molecule has 0 bridgehead atoms. The lowest BCUT2D eigenvalue weighted by atomic mass is 10.0. The van der Waals surface area contributed by atoms with Crippen molar-refractivity contribution in [2.24, 2.45) is 0 Å². The fourth-order valence-electron chi connectivity index (χ4n) is 2.31. The number of carbonyl (C=O) groups is 2. The SMILES string of the molecule is C=Cc1cccc2c(CC(=O)OC)c(CC(=O)OC)[nH]c12. The van der Waals surface area contributed by atoms with Crippen LogP contribution in [0.3, 0.4) is 0 Å². The van der Waals surface area contributed by atoms with E-state index in [1.165, 1.54) is 14.2 Å².